The van der Waals surface area contributed by atoms with Gasteiger partial charge in [-0.1, -0.05) is 0 Å². The van der Waals surface area contributed by atoms with Gasteiger partial charge in [0.15, 0.2) is 0 Å². The number of carbonyl (C=O) groups is 2. The molecule has 9 heteroatoms. The zero-order valence-corrected chi connectivity index (χ0v) is 11.5. The number of nitrogens with zero attached hydrogens (tertiary/aromatic N) is 2. The van der Waals surface area contributed by atoms with E-state index in [-0.39, 0.29) is 31.0 Å². The minimum Gasteiger partial charge on any atom is -0.447 e. The lowest BCUT2D eigenvalue weighted by molar-refractivity contribution is -0.133. The zero-order valence-electron chi connectivity index (χ0n) is 10.7. The first-order chi connectivity index (χ1) is 8.87. The van der Waals surface area contributed by atoms with Crippen molar-refractivity contribution in [2.24, 2.45) is 0 Å². The van der Waals surface area contributed by atoms with Crippen molar-refractivity contribution in [1.29, 1.82) is 0 Å². The van der Waals surface area contributed by atoms with Crippen LogP contribution in [0, 0.1) is 0 Å². The molecule has 2 rings (SSSR count). The van der Waals surface area contributed by atoms with Gasteiger partial charge in [0, 0.05) is 32.6 Å². The summed E-state index contributed by atoms with van der Waals surface area (Å²) in [5.41, 5.74) is 0. The molecule has 0 bridgehead atoms. The Balaban J connectivity index is 1.80. The van der Waals surface area contributed by atoms with Crippen molar-refractivity contribution in [3.8, 4) is 0 Å². The van der Waals surface area contributed by atoms with Crippen LogP contribution in [0.25, 0.3) is 0 Å². The van der Waals surface area contributed by atoms with Gasteiger partial charge in [-0.15, -0.1) is 0 Å². The highest BCUT2D eigenvalue weighted by atomic mass is 32.2. The van der Waals surface area contributed by atoms with E-state index < -0.39 is 10.0 Å². The molecule has 2 saturated heterocycles. The van der Waals surface area contributed by atoms with Crippen molar-refractivity contribution < 1.29 is 22.7 Å². The maximum absolute atomic E-state index is 11.9. The number of carbonyl (C=O) groups excluding carboxylic acids is 2. The highest BCUT2D eigenvalue weighted by molar-refractivity contribution is 7.88. The van der Waals surface area contributed by atoms with Crippen molar-refractivity contribution in [2.75, 3.05) is 39.0 Å². The van der Waals surface area contributed by atoms with Gasteiger partial charge in [-0.3, -0.25) is 9.69 Å². The Morgan fingerprint density at radius 1 is 1.47 bits per heavy atom. The maximum atomic E-state index is 11.9. The average Bonchev–Trinajstić information content (AvgIpc) is 2.69. The van der Waals surface area contributed by atoms with Crippen LogP contribution in [0.5, 0.6) is 0 Å². The van der Waals surface area contributed by atoms with E-state index in [9.17, 15) is 18.0 Å². The Hall–Kier alpha value is -1.35. The van der Waals surface area contributed by atoms with Gasteiger partial charge in [0.25, 0.3) is 0 Å². The van der Waals surface area contributed by atoms with Crippen molar-refractivity contribution in [3.63, 3.8) is 0 Å². The van der Waals surface area contributed by atoms with Crippen LogP contribution in [0.4, 0.5) is 4.79 Å². The van der Waals surface area contributed by atoms with Crippen molar-refractivity contribution >= 4 is 22.0 Å². The van der Waals surface area contributed by atoms with Gasteiger partial charge in [-0.05, 0) is 0 Å². The predicted octanol–water partition coefficient (Wildman–Crippen LogP) is -1.41. The van der Waals surface area contributed by atoms with Gasteiger partial charge >= 0.3 is 6.09 Å². The van der Waals surface area contributed by atoms with E-state index in [0.29, 0.717) is 26.2 Å². The minimum atomic E-state index is -3.27. The molecule has 2 aliphatic rings. The molecule has 2 heterocycles. The average molecular weight is 291 g/mol. The quantitative estimate of drug-likeness (QED) is 0.686. The van der Waals surface area contributed by atoms with E-state index >= 15 is 0 Å². The SMILES string of the molecule is CS(=O)(=O)NCCC(=O)N1CCN2C(=O)OC[C@H]2C1. The second kappa shape index (κ2) is 5.33. The Labute approximate surface area is 111 Å². The van der Waals surface area contributed by atoms with Crippen LogP contribution in [0.3, 0.4) is 0 Å². The lowest BCUT2D eigenvalue weighted by Gasteiger charge is -2.35. The van der Waals surface area contributed by atoms with Crippen LogP contribution in [-0.4, -0.2) is 75.3 Å². The van der Waals surface area contributed by atoms with Crippen LogP contribution in [0.1, 0.15) is 6.42 Å². The molecule has 0 aromatic carbocycles. The first-order valence-electron chi connectivity index (χ1n) is 6.02. The molecule has 0 aromatic heterocycles. The predicted molar refractivity (Wildman–Crippen MR) is 65.9 cm³/mol. The summed E-state index contributed by atoms with van der Waals surface area (Å²) in [6.07, 6.45) is 0.850. The van der Waals surface area contributed by atoms with E-state index in [1.165, 1.54) is 0 Å². The Morgan fingerprint density at radius 2 is 2.21 bits per heavy atom. The first kappa shape index (κ1) is 14.1. The molecule has 1 N–H and O–H groups in total. The third-order valence-electron chi connectivity index (χ3n) is 3.17. The van der Waals surface area contributed by atoms with E-state index in [0.717, 1.165) is 6.26 Å². The molecular weight excluding hydrogens is 274 g/mol. The molecule has 0 aromatic rings. The van der Waals surface area contributed by atoms with Gasteiger partial charge in [0.2, 0.25) is 15.9 Å². The van der Waals surface area contributed by atoms with Crippen molar-refractivity contribution in [1.82, 2.24) is 14.5 Å². The summed E-state index contributed by atoms with van der Waals surface area (Å²) >= 11 is 0. The molecule has 2 aliphatic heterocycles. The summed E-state index contributed by atoms with van der Waals surface area (Å²) < 4.78 is 28.9. The van der Waals surface area contributed by atoms with Gasteiger partial charge in [-0.2, -0.15) is 0 Å². The summed E-state index contributed by atoms with van der Waals surface area (Å²) in [5.74, 6) is -0.116. The Morgan fingerprint density at radius 3 is 2.89 bits per heavy atom. The molecule has 1 atom stereocenters. The minimum absolute atomic E-state index is 0.0759. The summed E-state index contributed by atoms with van der Waals surface area (Å²) in [7, 11) is -3.27. The zero-order chi connectivity index (χ0) is 14.0. The fraction of sp³-hybridized carbons (Fsp3) is 0.800. The van der Waals surface area contributed by atoms with Crippen molar-refractivity contribution in [3.05, 3.63) is 0 Å². The molecule has 0 spiro atoms. The number of fused-ring (bicyclic) bond motifs is 1. The monoisotopic (exact) mass is 291 g/mol. The van der Waals surface area contributed by atoms with Crippen LogP contribution >= 0.6 is 0 Å². The molecule has 108 valence electrons. The molecule has 2 amide bonds. The first-order valence-corrected chi connectivity index (χ1v) is 7.92. The molecule has 0 unspecified atom stereocenters. The topological polar surface area (TPSA) is 96.0 Å². The number of cyclic esters (lactones) is 1. The fourth-order valence-corrected chi connectivity index (χ4v) is 2.69. The van der Waals surface area contributed by atoms with Gasteiger partial charge in [0.05, 0.1) is 12.3 Å². The molecule has 0 saturated carbocycles. The van der Waals surface area contributed by atoms with Gasteiger partial charge in [-0.25, -0.2) is 17.9 Å². The standard InChI is InChI=1S/C10H17N3O5S/c1-19(16,17)11-3-2-9(14)12-4-5-13-8(6-12)7-18-10(13)15/h8,11H,2-7H2,1H3/t8-/m1/s1. The number of nitrogens with one attached hydrogen (secondary N) is 1. The third-order valence-corrected chi connectivity index (χ3v) is 3.90. The lowest BCUT2D eigenvalue weighted by atomic mass is 10.2. The van der Waals surface area contributed by atoms with Crippen molar-refractivity contribution in [2.45, 2.75) is 12.5 Å². The van der Waals surface area contributed by atoms with Crippen LogP contribution in [-0.2, 0) is 19.6 Å². The Kier molecular flexibility index (Phi) is 3.95. The normalized spacial score (nSPS) is 23.2. The molecule has 19 heavy (non-hydrogen) atoms. The molecule has 0 aliphatic carbocycles. The number of amides is 2. The van der Waals surface area contributed by atoms with Crippen LogP contribution in [0.15, 0.2) is 0 Å². The summed E-state index contributed by atoms with van der Waals surface area (Å²) in [5, 5.41) is 0. The van der Waals surface area contributed by atoms with E-state index in [4.69, 9.17) is 4.74 Å². The largest absolute Gasteiger partial charge is 0.447 e. The van der Waals surface area contributed by atoms with E-state index in [2.05, 4.69) is 4.72 Å². The smallest absolute Gasteiger partial charge is 0.410 e. The van der Waals surface area contributed by atoms with E-state index in [1.54, 1.807) is 9.80 Å². The number of piperazine rings is 1. The summed E-state index contributed by atoms with van der Waals surface area (Å²) in [4.78, 5) is 26.5. The third kappa shape index (κ3) is 3.57. The van der Waals surface area contributed by atoms with Gasteiger partial charge < -0.3 is 9.64 Å². The summed E-state index contributed by atoms with van der Waals surface area (Å²) in [6, 6.07) is -0.0759. The molecule has 0 radical (unpaired) electrons. The second-order valence-electron chi connectivity index (χ2n) is 4.68. The molecule has 2 fully saturated rings. The van der Waals surface area contributed by atoms with Crippen LogP contribution < -0.4 is 4.72 Å². The fourth-order valence-electron chi connectivity index (χ4n) is 2.22. The van der Waals surface area contributed by atoms with E-state index in [1.807, 2.05) is 0 Å². The number of hydrogen-bond acceptors (Lipinski definition) is 5. The lowest BCUT2D eigenvalue weighted by Crippen LogP contribution is -2.54. The number of rotatable bonds is 4. The number of sulfonamides is 1. The Bertz CT molecular complexity index is 478. The van der Waals surface area contributed by atoms with Crippen LogP contribution in [0.2, 0.25) is 0 Å². The second-order valence-corrected chi connectivity index (χ2v) is 6.51. The highest BCUT2D eigenvalue weighted by Gasteiger charge is 2.38. The summed E-state index contributed by atoms with van der Waals surface area (Å²) in [6.45, 7) is 1.78. The number of hydrogen-bond donors (Lipinski definition) is 1. The maximum Gasteiger partial charge on any atom is 0.410 e. The molecule has 8 nitrogen and oxygen atoms in total. The molecular formula is C10H17N3O5S. The number of ether oxygens (including phenoxy) is 1. The highest BCUT2D eigenvalue weighted by Crippen LogP contribution is 2.18. The van der Waals surface area contributed by atoms with Gasteiger partial charge in [0.1, 0.15) is 6.61 Å².